The molecule has 146 valence electrons. The van der Waals surface area contributed by atoms with E-state index < -0.39 is 16.1 Å². The summed E-state index contributed by atoms with van der Waals surface area (Å²) in [6.45, 7) is 2.05. The van der Waals surface area contributed by atoms with Crippen LogP contribution in [0.1, 0.15) is 18.9 Å². The molecule has 1 unspecified atom stereocenters. The molecule has 2 aromatic rings. The van der Waals surface area contributed by atoms with E-state index in [9.17, 15) is 13.2 Å². The summed E-state index contributed by atoms with van der Waals surface area (Å²) >= 11 is 7.37. The quantitative estimate of drug-likeness (QED) is 0.636. The predicted octanol–water partition coefficient (Wildman–Crippen LogP) is 3.94. The minimum absolute atomic E-state index is 0.0705. The van der Waals surface area contributed by atoms with E-state index in [-0.39, 0.29) is 10.8 Å². The molecule has 0 heterocycles. The molecule has 8 heteroatoms. The van der Waals surface area contributed by atoms with Gasteiger partial charge in [0.25, 0.3) is 0 Å². The second-order valence-electron chi connectivity index (χ2n) is 5.95. The van der Waals surface area contributed by atoms with Gasteiger partial charge in [0.2, 0.25) is 15.9 Å². The Balaban J connectivity index is 2.14. The molecule has 0 fully saturated rings. The van der Waals surface area contributed by atoms with Crippen LogP contribution in [0.2, 0.25) is 5.02 Å². The Morgan fingerprint density at radius 3 is 2.30 bits per heavy atom. The predicted molar refractivity (Wildman–Crippen MR) is 113 cm³/mol. The molecule has 2 rings (SSSR count). The van der Waals surface area contributed by atoms with Gasteiger partial charge in [0.15, 0.2) is 0 Å². The Morgan fingerprint density at radius 2 is 1.74 bits per heavy atom. The smallest absolute Gasteiger partial charge is 0.242 e. The van der Waals surface area contributed by atoms with Gasteiger partial charge in [0, 0.05) is 10.7 Å². The van der Waals surface area contributed by atoms with Gasteiger partial charge in [-0.2, -0.15) is 16.5 Å². The summed E-state index contributed by atoms with van der Waals surface area (Å²) in [7, 11) is -3.83. The number of anilines is 1. The minimum atomic E-state index is -3.83. The molecule has 2 N–H and O–H groups in total. The van der Waals surface area contributed by atoms with Gasteiger partial charge in [-0.3, -0.25) is 4.79 Å². The van der Waals surface area contributed by atoms with Gasteiger partial charge in [-0.15, -0.1) is 0 Å². The van der Waals surface area contributed by atoms with Crippen molar-refractivity contribution in [1.29, 1.82) is 0 Å². The molecular formula is C19H23ClN2O3S2. The lowest BCUT2D eigenvalue weighted by Gasteiger charge is -2.18. The molecule has 0 spiro atoms. The third-order valence-electron chi connectivity index (χ3n) is 3.98. The third kappa shape index (κ3) is 6.53. The Kier molecular flexibility index (Phi) is 8.16. The monoisotopic (exact) mass is 426 g/mol. The fraction of sp³-hybridized carbons (Fsp3) is 0.316. The molecule has 0 aliphatic carbocycles. The van der Waals surface area contributed by atoms with Crippen LogP contribution in [0.25, 0.3) is 0 Å². The molecule has 27 heavy (non-hydrogen) atoms. The molecule has 0 radical (unpaired) electrons. The van der Waals surface area contributed by atoms with Crippen LogP contribution in [0.3, 0.4) is 0 Å². The van der Waals surface area contributed by atoms with Crippen LogP contribution in [0.4, 0.5) is 5.69 Å². The lowest BCUT2D eigenvalue weighted by atomic mass is 10.1. The molecule has 1 atom stereocenters. The number of nitrogens with one attached hydrogen (secondary N) is 2. The van der Waals surface area contributed by atoms with E-state index in [0.717, 1.165) is 12.0 Å². The molecule has 0 aliphatic heterocycles. The van der Waals surface area contributed by atoms with Gasteiger partial charge in [0.05, 0.1) is 4.90 Å². The minimum Gasteiger partial charge on any atom is -0.325 e. The van der Waals surface area contributed by atoms with E-state index in [4.69, 9.17) is 11.6 Å². The Bertz CT molecular complexity index is 854. The van der Waals surface area contributed by atoms with E-state index >= 15 is 0 Å². The fourth-order valence-corrected chi connectivity index (χ4v) is 4.23. The van der Waals surface area contributed by atoms with Gasteiger partial charge in [-0.25, -0.2) is 8.42 Å². The summed E-state index contributed by atoms with van der Waals surface area (Å²) in [5, 5.41) is 3.23. The Hall–Kier alpha value is -1.54. The summed E-state index contributed by atoms with van der Waals surface area (Å²) in [6, 6.07) is 12.5. The standard InChI is InChI=1S/C19H23ClN2O3S2/c1-3-14-4-8-16(9-5-14)21-19(23)18(12-13-26-2)22-27(24,25)17-10-6-15(20)7-11-17/h4-11,18,22H,3,12-13H2,1-2H3,(H,21,23). The zero-order valence-corrected chi connectivity index (χ0v) is 17.6. The molecular weight excluding hydrogens is 404 g/mol. The second-order valence-corrected chi connectivity index (χ2v) is 9.09. The number of halogens is 1. The van der Waals surface area contributed by atoms with E-state index in [1.807, 2.05) is 30.5 Å². The highest BCUT2D eigenvalue weighted by atomic mass is 35.5. The van der Waals surface area contributed by atoms with Crippen LogP contribution in [0, 0.1) is 0 Å². The lowest BCUT2D eigenvalue weighted by Crippen LogP contribution is -2.44. The number of hydrogen-bond acceptors (Lipinski definition) is 4. The van der Waals surface area contributed by atoms with Gasteiger partial charge in [-0.05, 0) is 66.8 Å². The summed E-state index contributed by atoms with van der Waals surface area (Å²) in [5.41, 5.74) is 1.80. The SMILES string of the molecule is CCc1ccc(NC(=O)C(CCSC)NS(=O)(=O)c2ccc(Cl)cc2)cc1. The Labute approximate surface area is 169 Å². The van der Waals surface area contributed by atoms with Crippen molar-refractivity contribution < 1.29 is 13.2 Å². The van der Waals surface area contributed by atoms with Crippen molar-refractivity contribution in [2.75, 3.05) is 17.3 Å². The van der Waals surface area contributed by atoms with Gasteiger partial charge in [-0.1, -0.05) is 30.7 Å². The van der Waals surface area contributed by atoms with Gasteiger partial charge >= 0.3 is 0 Å². The molecule has 0 aromatic heterocycles. The topological polar surface area (TPSA) is 75.3 Å². The number of carbonyl (C=O) groups is 1. The Morgan fingerprint density at radius 1 is 1.11 bits per heavy atom. The number of hydrogen-bond donors (Lipinski definition) is 2. The zero-order chi connectivity index (χ0) is 19.9. The van der Waals surface area contributed by atoms with E-state index in [2.05, 4.69) is 17.0 Å². The zero-order valence-electron chi connectivity index (χ0n) is 15.2. The molecule has 0 bridgehead atoms. The maximum Gasteiger partial charge on any atom is 0.242 e. The van der Waals surface area contributed by atoms with Crippen molar-refractivity contribution in [3.05, 3.63) is 59.1 Å². The number of thioether (sulfide) groups is 1. The van der Waals surface area contributed by atoms with Crippen LogP contribution in [0.15, 0.2) is 53.4 Å². The largest absolute Gasteiger partial charge is 0.325 e. The highest BCUT2D eigenvalue weighted by molar-refractivity contribution is 7.98. The number of benzene rings is 2. The van der Waals surface area contributed by atoms with E-state index in [0.29, 0.717) is 22.9 Å². The number of amides is 1. The summed E-state index contributed by atoms with van der Waals surface area (Å²) in [4.78, 5) is 12.7. The summed E-state index contributed by atoms with van der Waals surface area (Å²) < 4.78 is 27.7. The number of aryl methyl sites for hydroxylation is 1. The first kappa shape index (κ1) is 21.8. The van der Waals surface area contributed by atoms with Crippen LogP contribution >= 0.6 is 23.4 Å². The van der Waals surface area contributed by atoms with E-state index in [1.165, 1.54) is 24.3 Å². The third-order valence-corrected chi connectivity index (χ3v) is 6.36. The van der Waals surface area contributed by atoms with Gasteiger partial charge < -0.3 is 5.32 Å². The van der Waals surface area contributed by atoms with Crippen molar-refractivity contribution in [2.45, 2.75) is 30.7 Å². The molecule has 0 aliphatic rings. The van der Waals surface area contributed by atoms with Crippen molar-refractivity contribution in [3.8, 4) is 0 Å². The van der Waals surface area contributed by atoms with Crippen molar-refractivity contribution in [2.24, 2.45) is 0 Å². The molecule has 2 aromatic carbocycles. The van der Waals surface area contributed by atoms with Crippen LogP contribution in [-0.4, -0.2) is 32.4 Å². The molecule has 0 saturated carbocycles. The van der Waals surface area contributed by atoms with Crippen molar-refractivity contribution in [3.63, 3.8) is 0 Å². The van der Waals surface area contributed by atoms with Crippen LogP contribution in [-0.2, 0) is 21.2 Å². The maximum atomic E-state index is 12.7. The molecule has 5 nitrogen and oxygen atoms in total. The maximum absolute atomic E-state index is 12.7. The first-order valence-corrected chi connectivity index (χ1v) is 11.8. The van der Waals surface area contributed by atoms with Crippen molar-refractivity contribution in [1.82, 2.24) is 4.72 Å². The van der Waals surface area contributed by atoms with Crippen LogP contribution < -0.4 is 10.0 Å². The lowest BCUT2D eigenvalue weighted by molar-refractivity contribution is -0.117. The molecule has 1 amide bonds. The van der Waals surface area contributed by atoms with E-state index in [1.54, 1.807) is 11.8 Å². The number of sulfonamides is 1. The molecule has 0 saturated heterocycles. The van der Waals surface area contributed by atoms with Crippen LogP contribution in [0.5, 0.6) is 0 Å². The first-order chi connectivity index (χ1) is 12.9. The number of carbonyl (C=O) groups excluding carboxylic acids is 1. The number of rotatable bonds is 9. The second kappa shape index (κ2) is 10.1. The average molecular weight is 427 g/mol. The highest BCUT2D eigenvalue weighted by Gasteiger charge is 2.25. The average Bonchev–Trinajstić information content (AvgIpc) is 2.66. The van der Waals surface area contributed by atoms with Crippen molar-refractivity contribution >= 4 is 45.0 Å². The summed E-state index contributed by atoms with van der Waals surface area (Å²) in [6.07, 6.45) is 3.20. The fourth-order valence-electron chi connectivity index (χ4n) is 2.40. The normalized spacial score (nSPS) is 12.6. The summed E-state index contributed by atoms with van der Waals surface area (Å²) in [5.74, 6) is 0.265. The first-order valence-electron chi connectivity index (χ1n) is 8.52. The highest BCUT2D eigenvalue weighted by Crippen LogP contribution is 2.16. The van der Waals surface area contributed by atoms with Gasteiger partial charge in [0.1, 0.15) is 6.04 Å².